The number of furan rings is 1. The van der Waals surface area contributed by atoms with E-state index in [0.29, 0.717) is 32.2 Å². The van der Waals surface area contributed by atoms with Gasteiger partial charge in [0.2, 0.25) is 0 Å². The van der Waals surface area contributed by atoms with Crippen LogP contribution < -0.4 is 0 Å². The number of hydrogen-bond donors (Lipinski definition) is 1. The lowest BCUT2D eigenvalue weighted by Gasteiger charge is -2.03. The highest BCUT2D eigenvalue weighted by Crippen LogP contribution is 2.35. The Morgan fingerprint density at radius 3 is 2.31 bits per heavy atom. The minimum Gasteiger partial charge on any atom is -0.459 e. The summed E-state index contributed by atoms with van der Waals surface area (Å²) in [6.07, 6.45) is 0. The van der Waals surface area contributed by atoms with Crippen molar-refractivity contribution in [2.75, 3.05) is 0 Å². The van der Waals surface area contributed by atoms with Crippen LogP contribution in [0.4, 0.5) is 0 Å². The summed E-state index contributed by atoms with van der Waals surface area (Å²) in [7, 11) is 0. The normalized spacial score (nSPS) is 10.8. The Bertz CT molecular complexity index is 520. The fourth-order valence-corrected chi connectivity index (χ4v) is 1.96. The third-order valence-corrected chi connectivity index (χ3v) is 3.13. The molecule has 1 aromatic carbocycles. The van der Waals surface area contributed by atoms with E-state index >= 15 is 0 Å². The summed E-state index contributed by atoms with van der Waals surface area (Å²) in [5.41, 5.74) is 0.649. The summed E-state index contributed by atoms with van der Waals surface area (Å²) in [6.45, 7) is -0.154. The first-order chi connectivity index (χ1) is 7.61. The molecule has 0 saturated carbocycles. The van der Waals surface area contributed by atoms with Gasteiger partial charge in [-0.2, -0.15) is 0 Å². The van der Waals surface area contributed by atoms with Crippen LogP contribution in [0.15, 0.2) is 28.7 Å². The molecule has 0 bridgehead atoms. The van der Waals surface area contributed by atoms with E-state index in [0.717, 1.165) is 0 Å². The van der Waals surface area contributed by atoms with Crippen molar-refractivity contribution < 1.29 is 9.52 Å². The molecule has 0 aliphatic carbocycles. The topological polar surface area (TPSA) is 33.4 Å². The quantitative estimate of drug-likeness (QED) is 0.825. The molecule has 5 heteroatoms. The molecule has 2 aromatic rings. The number of aliphatic hydroxyl groups is 1. The van der Waals surface area contributed by atoms with E-state index in [1.165, 1.54) is 0 Å². The van der Waals surface area contributed by atoms with Crippen LogP contribution in [0.1, 0.15) is 5.76 Å². The zero-order valence-corrected chi connectivity index (χ0v) is 10.3. The van der Waals surface area contributed by atoms with Crippen molar-refractivity contribution in [3.8, 4) is 11.3 Å². The molecule has 84 valence electrons. The molecule has 1 aromatic heterocycles. The van der Waals surface area contributed by atoms with Gasteiger partial charge in [-0.25, -0.2) is 0 Å². The Hall–Kier alpha value is -0.670. The summed E-state index contributed by atoms with van der Waals surface area (Å²) in [5.74, 6) is 1.02. The van der Waals surface area contributed by atoms with Crippen molar-refractivity contribution in [2.24, 2.45) is 0 Å². The van der Waals surface area contributed by atoms with Crippen LogP contribution in [0.5, 0.6) is 0 Å². The molecule has 0 radical (unpaired) electrons. The van der Waals surface area contributed by atoms with E-state index in [1.54, 1.807) is 24.3 Å². The first-order valence-electron chi connectivity index (χ1n) is 4.46. The first-order valence-corrected chi connectivity index (χ1v) is 5.59. The maximum absolute atomic E-state index is 8.89. The number of aliphatic hydroxyl groups excluding tert-OH is 1. The monoisotopic (exact) mass is 276 g/mol. The van der Waals surface area contributed by atoms with E-state index in [9.17, 15) is 0 Å². The van der Waals surface area contributed by atoms with Gasteiger partial charge in [0.05, 0.1) is 15.1 Å². The van der Waals surface area contributed by atoms with Crippen molar-refractivity contribution in [1.29, 1.82) is 0 Å². The summed E-state index contributed by atoms with van der Waals surface area (Å²) in [5, 5.41) is 10.1. The fraction of sp³-hybridized carbons (Fsp3) is 0.0909. The number of halogens is 3. The number of benzene rings is 1. The zero-order valence-electron chi connectivity index (χ0n) is 8.01. The highest BCUT2D eigenvalue weighted by Gasteiger charge is 2.11. The summed E-state index contributed by atoms with van der Waals surface area (Å²) < 4.78 is 5.36. The fourth-order valence-electron chi connectivity index (χ4n) is 1.32. The summed E-state index contributed by atoms with van der Waals surface area (Å²) >= 11 is 17.7. The zero-order chi connectivity index (χ0) is 11.7. The molecule has 0 spiro atoms. The SMILES string of the molecule is OCc1ccc(-c2cc(Cl)c(Cl)cc2Cl)o1. The van der Waals surface area contributed by atoms with Crippen LogP contribution in [0.3, 0.4) is 0 Å². The molecule has 0 aliphatic heterocycles. The molecule has 0 atom stereocenters. The lowest BCUT2D eigenvalue weighted by molar-refractivity contribution is 0.248. The van der Waals surface area contributed by atoms with E-state index < -0.39 is 0 Å². The van der Waals surface area contributed by atoms with E-state index in [4.69, 9.17) is 44.3 Å². The average Bonchev–Trinajstić information content (AvgIpc) is 2.71. The van der Waals surface area contributed by atoms with Crippen molar-refractivity contribution in [1.82, 2.24) is 0 Å². The first kappa shape index (κ1) is 11.8. The van der Waals surface area contributed by atoms with Crippen LogP contribution in [-0.4, -0.2) is 5.11 Å². The molecule has 0 fully saturated rings. The van der Waals surface area contributed by atoms with E-state index in [2.05, 4.69) is 0 Å². The maximum Gasteiger partial charge on any atom is 0.135 e. The van der Waals surface area contributed by atoms with Crippen LogP contribution in [0, 0.1) is 0 Å². The van der Waals surface area contributed by atoms with Gasteiger partial charge in [0.15, 0.2) is 0 Å². The van der Waals surface area contributed by atoms with Gasteiger partial charge < -0.3 is 9.52 Å². The molecule has 2 nitrogen and oxygen atoms in total. The van der Waals surface area contributed by atoms with Gasteiger partial charge in [0, 0.05) is 5.56 Å². The van der Waals surface area contributed by atoms with Crippen molar-refractivity contribution in [3.63, 3.8) is 0 Å². The summed E-state index contributed by atoms with van der Waals surface area (Å²) in [6, 6.07) is 6.58. The Kier molecular flexibility index (Phi) is 3.45. The predicted molar refractivity (Wildman–Crippen MR) is 65.1 cm³/mol. The molecule has 16 heavy (non-hydrogen) atoms. The van der Waals surface area contributed by atoms with Crippen molar-refractivity contribution in [2.45, 2.75) is 6.61 Å². The molecule has 1 N–H and O–H groups in total. The van der Waals surface area contributed by atoms with Gasteiger partial charge >= 0.3 is 0 Å². The highest BCUT2D eigenvalue weighted by atomic mass is 35.5. The van der Waals surface area contributed by atoms with Crippen LogP contribution in [0.2, 0.25) is 15.1 Å². The molecule has 2 rings (SSSR count). The maximum atomic E-state index is 8.89. The Morgan fingerprint density at radius 2 is 1.69 bits per heavy atom. The van der Waals surface area contributed by atoms with Gasteiger partial charge in [-0.15, -0.1) is 0 Å². The van der Waals surface area contributed by atoms with Crippen LogP contribution in [0.25, 0.3) is 11.3 Å². The molecule has 0 unspecified atom stereocenters. The van der Waals surface area contributed by atoms with Crippen molar-refractivity contribution in [3.05, 3.63) is 45.1 Å². The summed E-state index contributed by atoms with van der Waals surface area (Å²) in [4.78, 5) is 0. The van der Waals surface area contributed by atoms with Crippen LogP contribution >= 0.6 is 34.8 Å². The predicted octanol–water partition coefficient (Wildman–Crippen LogP) is 4.40. The van der Waals surface area contributed by atoms with Crippen LogP contribution in [-0.2, 0) is 6.61 Å². The minimum atomic E-state index is -0.154. The second-order valence-electron chi connectivity index (χ2n) is 3.17. The number of hydrogen-bond acceptors (Lipinski definition) is 2. The second kappa shape index (κ2) is 4.68. The van der Waals surface area contributed by atoms with Gasteiger partial charge in [0.1, 0.15) is 18.1 Å². The number of rotatable bonds is 2. The third-order valence-electron chi connectivity index (χ3n) is 2.09. The van der Waals surface area contributed by atoms with E-state index in [-0.39, 0.29) is 6.61 Å². The molecule has 1 heterocycles. The van der Waals surface area contributed by atoms with Crippen molar-refractivity contribution >= 4 is 34.8 Å². The lowest BCUT2D eigenvalue weighted by Crippen LogP contribution is -1.79. The largest absolute Gasteiger partial charge is 0.459 e. The molecule has 0 amide bonds. The third kappa shape index (κ3) is 2.20. The lowest BCUT2D eigenvalue weighted by atomic mass is 10.2. The Labute approximate surface area is 107 Å². The van der Waals surface area contributed by atoms with Gasteiger partial charge in [-0.1, -0.05) is 34.8 Å². The van der Waals surface area contributed by atoms with Gasteiger partial charge in [-0.3, -0.25) is 0 Å². The minimum absolute atomic E-state index is 0.154. The molecule has 0 saturated heterocycles. The molecule has 0 aliphatic rings. The Balaban J connectivity index is 2.51. The standard InChI is InChI=1S/C11H7Cl3O2/c12-8-4-10(14)9(13)3-7(8)11-2-1-6(5-15)16-11/h1-4,15H,5H2. The smallest absolute Gasteiger partial charge is 0.135 e. The molecular weight excluding hydrogens is 270 g/mol. The Morgan fingerprint density at radius 1 is 1.00 bits per heavy atom. The van der Waals surface area contributed by atoms with E-state index in [1.807, 2.05) is 0 Å². The van der Waals surface area contributed by atoms with Gasteiger partial charge in [0.25, 0.3) is 0 Å². The molecular formula is C11H7Cl3O2. The van der Waals surface area contributed by atoms with Gasteiger partial charge in [-0.05, 0) is 24.3 Å². The highest BCUT2D eigenvalue weighted by molar-refractivity contribution is 6.44. The second-order valence-corrected chi connectivity index (χ2v) is 4.39. The average molecular weight is 278 g/mol.